The van der Waals surface area contributed by atoms with Crippen LogP contribution >= 0.6 is 0 Å². The summed E-state index contributed by atoms with van der Waals surface area (Å²) in [6.45, 7) is 0. The van der Waals surface area contributed by atoms with Gasteiger partial charge in [-0.05, 0) is 12.1 Å². The Morgan fingerprint density at radius 3 is 3.06 bits per heavy atom. The van der Waals surface area contributed by atoms with Crippen molar-refractivity contribution in [3.63, 3.8) is 0 Å². The Balaban J connectivity index is 2.12. The van der Waals surface area contributed by atoms with E-state index in [0.717, 1.165) is 0 Å². The van der Waals surface area contributed by atoms with Crippen LogP contribution in [-0.4, -0.2) is 33.3 Å². The van der Waals surface area contributed by atoms with Crippen LogP contribution in [0.25, 0.3) is 0 Å². The largest absolute Gasteiger partial charge is 0.504 e. The van der Waals surface area contributed by atoms with E-state index in [-0.39, 0.29) is 11.7 Å². The molecule has 1 aromatic heterocycles. The van der Waals surface area contributed by atoms with Crippen molar-refractivity contribution in [2.24, 2.45) is 5.10 Å². The summed E-state index contributed by atoms with van der Waals surface area (Å²) in [6.07, 6.45) is 2.76. The molecule has 2 aromatic rings. The zero-order chi connectivity index (χ0) is 13.0. The summed E-state index contributed by atoms with van der Waals surface area (Å²) in [5.41, 5.74) is 3.09. The predicted molar refractivity (Wildman–Crippen MR) is 66.0 cm³/mol. The van der Waals surface area contributed by atoms with Gasteiger partial charge in [-0.15, -0.1) is 10.2 Å². The average Bonchev–Trinajstić information content (AvgIpc) is 2.77. The third kappa shape index (κ3) is 2.32. The molecule has 0 aliphatic carbocycles. The summed E-state index contributed by atoms with van der Waals surface area (Å²) in [6, 6.07) is 5.08. The summed E-state index contributed by atoms with van der Waals surface area (Å²) in [7, 11) is 1.48. The number of ether oxygens (including phenoxy) is 1. The minimum Gasteiger partial charge on any atom is -0.504 e. The van der Waals surface area contributed by atoms with Crippen molar-refractivity contribution in [1.82, 2.24) is 14.9 Å². The molecule has 4 N–H and O–H groups in total. The minimum atomic E-state index is 0.0137. The number of benzene rings is 1. The van der Waals surface area contributed by atoms with Crippen LogP contribution in [0, 0.1) is 0 Å². The lowest BCUT2D eigenvalue weighted by Gasteiger charge is -2.04. The van der Waals surface area contributed by atoms with Crippen LogP contribution in [0.15, 0.2) is 29.6 Å². The van der Waals surface area contributed by atoms with Crippen LogP contribution in [0.1, 0.15) is 5.56 Å². The number of nitrogens with zero attached hydrogens (tertiary/aromatic N) is 4. The molecule has 0 saturated heterocycles. The van der Waals surface area contributed by atoms with Crippen LogP contribution in [0.4, 0.5) is 5.95 Å². The Kier molecular flexibility index (Phi) is 3.28. The van der Waals surface area contributed by atoms with Crippen LogP contribution in [0.2, 0.25) is 0 Å². The lowest BCUT2D eigenvalue weighted by atomic mass is 10.2. The second-order valence-electron chi connectivity index (χ2n) is 3.33. The second kappa shape index (κ2) is 5.04. The highest BCUT2D eigenvalue weighted by molar-refractivity contribution is 5.85. The molecule has 8 heteroatoms. The van der Waals surface area contributed by atoms with E-state index in [1.165, 1.54) is 24.3 Å². The molecule has 0 aliphatic rings. The first-order chi connectivity index (χ1) is 8.72. The van der Waals surface area contributed by atoms with E-state index < -0.39 is 0 Å². The molecule has 94 valence electrons. The third-order valence-electron chi connectivity index (χ3n) is 2.19. The highest BCUT2D eigenvalue weighted by Crippen LogP contribution is 2.27. The number of anilines is 1. The Morgan fingerprint density at radius 2 is 2.39 bits per heavy atom. The maximum Gasteiger partial charge on any atom is 0.263 e. The van der Waals surface area contributed by atoms with E-state index in [2.05, 4.69) is 20.7 Å². The number of hydrogen-bond donors (Lipinski definition) is 3. The van der Waals surface area contributed by atoms with Gasteiger partial charge in [0.2, 0.25) is 0 Å². The molecule has 0 bridgehead atoms. The first-order valence-electron chi connectivity index (χ1n) is 5.02. The fraction of sp³-hybridized carbons (Fsp3) is 0.100. The topological polar surface area (TPSA) is 111 Å². The summed E-state index contributed by atoms with van der Waals surface area (Å²) in [5.74, 6) is 6.16. The standard InChI is InChI=1S/C10H12N6O2/c1-18-8-4-2-3-7(9(8)17)5-12-14-10-15-13-6-16(10)11/h2-6,17H,11H2,1H3,(H,14,15)/b12-5-. The van der Waals surface area contributed by atoms with Crippen molar-refractivity contribution in [3.8, 4) is 11.5 Å². The first-order valence-corrected chi connectivity index (χ1v) is 5.02. The van der Waals surface area contributed by atoms with Crippen LogP contribution < -0.4 is 16.0 Å². The smallest absolute Gasteiger partial charge is 0.263 e. The monoisotopic (exact) mass is 248 g/mol. The van der Waals surface area contributed by atoms with E-state index in [4.69, 9.17) is 10.6 Å². The molecule has 18 heavy (non-hydrogen) atoms. The quantitative estimate of drug-likeness (QED) is 0.403. The van der Waals surface area contributed by atoms with Crippen molar-refractivity contribution in [2.75, 3.05) is 18.4 Å². The normalized spacial score (nSPS) is 10.7. The van der Waals surface area contributed by atoms with Gasteiger partial charge in [0.05, 0.1) is 13.3 Å². The molecular weight excluding hydrogens is 236 g/mol. The predicted octanol–water partition coefficient (Wildman–Crippen LogP) is 0.152. The van der Waals surface area contributed by atoms with Gasteiger partial charge in [-0.1, -0.05) is 6.07 Å². The van der Waals surface area contributed by atoms with Gasteiger partial charge < -0.3 is 15.7 Å². The minimum absolute atomic E-state index is 0.0137. The van der Waals surface area contributed by atoms with Gasteiger partial charge in [0.1, 0.15) is 6.33 Å². The SMILES string of the molecule is COc1cccc(/C=N\Nc2nncn2N)c1O. The Bertz CT molecular complexity index is 565. The summed E-state index contributed by atoms with van der Waals surface area (Å²) in [5, 5.41) is 20.9. The number of hydrazone groups is 1. The van der Waals surface area contributed by atoms with Crippen molar-refractivity contribution >= 4 is 12.2 Å². The number of hydrogen-bond acceptors (Lipinski definition) is 7. The number of phenolic OH excluding ortho intramolecular Hbond substituents is 1. The summed E-state index contributed by atoms with van der Waals surface area (Å²) in [4.78, 5) is 0. The van der Waals surface area contributed by atoms with Gasteiger partial charge in [-0.3, -0.25) is 0 Å². The summed E-state index contributed by atoms with van der Waals surface area (Å²) >= 11 is 0. The third-order valence-corrected chi connectivity index (χ3v) is 2.19. The fourth-order valence-electron chi connectivity index (χ4n) is 1.29. The Hall–Kier alpha value is -2.77. The highest BCUT2D eigenvalue weighted by atomic mass is 16.5. The number of nitrogens with one attached hydrogen (secondary N) is 1. The molecule has 1 heterocycles. The molecular formula is C10H12N6O2. The number of methoxy groups -OCH3 is 1. The van der Waals surface area contributed by atoms with Crippen LogP contribution in [-0.2, 0) is 0 Å². The van der Waals surface area contributed by atoms with Crippen molar-refractivity contribution in [3.05, 3.63) is 30.1 Å². The first kappa shape index (κ1) is 11.7. The van der Waals surface area contributed by atoms with Gasteiger partial charge >= 0.3 is 0 Å². The number of rotatable bonds is 4. The molecule has 0 radical (unpaired) electrons. The number of aromatic nitrogens is 3. The van der Waals surface area contributed by atoms with E-state index >= 15 is 0 Å². The number of phenols is 1. The molecule has 0 aliphatic heterocycles. The molecule has 0 amide bonds. The van der Waals surface area contributed by atoms with Crippen molar-refractivity contribution in [2.45, 2.75) is 0 Å². The molecule has 8 nitrogen and oxygen atoms in total. The average molecular weight is 248 g/mol. The Labute approximate surface area is 103 Å². The molecule has 0 saturated carbocycles. The number of para-hydroxylation sites is 1. The highest BCUT2D eigenvalue weighted by Gasteiger charge is 2.04. The number of nitrogens with two attached hydrogens (primary N) is 1. The number of aromatic hydroxyl groups is 1. The molecule has 2 rings (SSSR count). The molecule has 1 aromatic carbocycles. The Morgan fingerprint density at radius 1 is 1.56 bits per heavy atom. The zero-order valence-electron chi connectivity index (χ0n) is 9.61. The van der Waals surface area contributed by atoms with E-state index in [1.807, 2.05) is 0 Å². The van der Waals surface area contributed by atoms with E-state index in [0.29, 0.717) is 11.3 Å². The van der Waals surface area contributed by atoms with E-state index in [1.54, 1.807) is 18.2 Å². The molecule has 0 spiro atoms. The van der Waals surface area contributed by atoms with Gasteiger partial charge in [0, 0.05) is 5.56 Å². The maximum atomic E-state index is 9.80. The van der Waals surface area contributed by atoms with Crippen LogP contribution in [0.5, 0.6) is 11.5 Å². The second-order valence-corrected chi connectivity index (χ2v) is 3.33. The lowest BCUT2D eigenvalue weighted by Crippen LogP contribution is -2.10. The van der Waals surface area contributed by atoms with Gasteiger partial charge in [-0.2, -0.15) is 5.10 Å². The number of nitrogen functional groups attached to an aromatic ring is 1. The van der Waals surface area contributed by atoms with Crippen LogP contribution in [0.3, 0.4) is 0 Å². The van der Waals surface area contributed by atoms with E-state index in [9.17, 15) is 5.11 Å². The molecule has 0 atom stereocenters. The molecule has 0 unspecified atom stereocenters. The van der Waals surface area contributed by atoms with Gasteiger partial charge in [0.25, 0.3) is 5.95 Å². The zero-order valence-corrected chi connectivity index (χ0v) is 9.61. The van der Waals surface area contributed by atoms with Crippen molar-refractivity contribution in [1.29, 1.82) is 0 Å². The fourth-order valence-corrected chi connectivity index (χ4v) is 1.29. The van der Waals surface area contributed by atoms with Gasteiger partial charge in [-0.25, -0.2) is 10.1 Å². The van der Waals surface area contributed by atoms with Crippen molar-refractivity contribution < 1.29 is 9.84 Å². The lowest BCUT2D eigenvalue weighted by molar-refractivity contribution is 0.373. The molecule has 0 fully saturated rings. The maximum absolute atomic E-state index is 9.80. The van der Waals surface area contributed by atoms with Gasteiger partial charge in [0.15, 0.2) is 11.5 Å². The summed E-state index contributed by atoms with van der Waals surface area (Å²) < 4.78 is 6.16.